The lowest BCUT2D eigenvalue weighted by Crippen LogP contribution is -2.17. The molecule has 576 valence electrons. The van der Waals surface area contributed by atoms with Crippen molar-refractivity contribution < 1.29 is 9.53 Å². The average Bonchev–Trinajstić information content (AvgIpc) is 0.816. The van der Waals surface area contributed by atoms with Crippen LogP contribution in [0.5, 0.6) is 0 Å². The Balaban J connectivity index is 0.911. The van der Waals surface area contributed by atoms with Gasteiger partial charge in [-0.3, -0.25) is 0 Å². The van der Waals surface area contributed by atoms with Gasteiger partial charge in [0.15, 0.2) is 0 Å². The molecule has 0 atom stereocenters. The van der Waals surface area contributed by atoms with Crippen LogP contribution in [0.2, 0.25) is 0 Å². The molecule has 0 aromatic heterocycles. The zero-order chi connectivity index (χ0) is 79.3. The van der Waals surface area contributed by atoms with Crippen LogP contribution in [0.3, 0.4) is 0 Å². The van der Waals surface area contributed by atoms with Crippen LogP contribution in [0.1, 0.15) is 277 Å². The second-order valence-corrected chi connectivity index (χ2v) is 46.5. The molecular formula is C98H124O2S8. The molecule has 0 saturated carbocycles. The monoisotopic (exact) mass is 1590 g/mol. The smallest absolute Gasteiger partial charge is 0.337 e. The highest BCUT2D eigenvalue weighted by Gasteiger charge is 2.26. The maximum absolute atomic E-state index is 13.4. The Morgan fingerprint density at radius 1 is 0.222 bits per heavy atom. The van der Waals surface area contributed by atoms with E-state index in [-0.39, 0.29) is 49.3 Å². The molecule has 0 bridgehead atoms. The molecule has 0 spiro atoms. The van der Waals surface area contributed by atoms with Crippen LogP contribution >= 0.6 is 94.1 Å². The summed E-state index contributed by atoms with van der Waals surface area (Å²) in [7, 11) is 1.48. The van der Waals surface area contributed by atoms with Crippen LogP contribution in [0.15, 0.2) is 203 Å². The fourth-order valence-corrected chi connectivity index (χ4v) is 20.5. The van der Waals surface area contributed by atoms with Crippen LogP contribution < -0.4 is 0 Å². The summed E-state index contributed by atoms with van der Waals surface area (Å²) in [5, 5.41) is 0. The number of rotatable bonds is 25. The standard InChI is InChI=1S/C98H124O2S8/c1-63-28-65(40-82(30-63)101-61-71-42-84(103-57-67-32-74(91(3,4)5)48-75(33-67)92(6,7)8)52-85(43-71)104-58-68-34-76(93(9,10)11)49-77(35-68)94(12,13)14)55-107-88-46-73(90(99)100-27)47-89(54-88)108-56-66-29-64(2)31-83(41-66)102-62-72-44-86(105-59-69-36-78(95(15,16)17)50-79(37-69)96(18,19)20)53-87(45-72)106-60-70-38-80(97(21,22)23)51-81(39-70)98(24,25)26/h28-54H,55-62H2,1-27H3. The van der Waals surface area contributed by atoms with Gasteiger partial charge in [0.05, 0.1) is 12.7 Å². The number of carbonyl (C=O) groups excluding carboxylic acids is 1. The number of hydrogen-bond donors (Lipinski definition) is 0. The number of thioether (sulfide) groups is 8. The first kappa shape index (κ1) is 87.2. The van der Waals surface area contributed by atoms with Crippen LogP contribution in [0, 0.1) is 13.8 Å². The molecule has 0 fully saturated rings. The van der Waals surface area contributed by atoms with Gasteiger partial charge in [-0.15, -0.1) is 94.1 Å². The molecule has 0 aliphatic carbocycles. The maximum Gasteiger partial charge on any atom is 0.337 e. The number of methoxy groups -OCH3 is 1. The Kier molecular flexibility index (Phi) is 28.9. The van der Waals surface area contributed by atoms with Crippen molar-refractivity contribution in [3.05, 3.63) is 269 Å². The predicted molar refractivity (Wildman–Crippen MR) is 485 cm³/mol. The van der Waals surface area contributed by atoms with E-state index in [9.17, 15) is 4.79 Å². The molecule has 0 aliphatic rings. The topological polar surface area (TPSA) is 26.3 Å². The summed E-state index contributed by atoms with van der Waals surface area (Å²) in [4.78, 5) is 23.3. The molecule has 0 N–H and O–H groups in total. The molecule has 0 aliphatic heterocycles. The van der Waals surface area contributed by atoms with Gasteiger partial charge >= 0.3 is 5.97 Å². The zero-order valence-corrected chi connectivity index (χ0v) is 76.9. The predicted octanol–water partition coefficient (Wildman–Crippen LogP) is 30.8. The maximum atomic E-state index is 13.4. The van der Waals surface area contributed by atoms with Gasteiger partial charge in [0.1, 0.15) is 0 Å². The lowest BCUT2D eigenvalue weighted by Gasteiger charge is -2.26. The first-order valence-corrected chi connectivity index (χ1v) is 46.3. The Morgan fingerprint density at radius 2 is 0.380 bits per heavy atom. The molecule has 0 saturated heterocycles. The summed E-state index contributed by atoms with van der Waals surface area (Å²) >= 11 is 15.2. The Labute approximate surface area is 688 Å². The van der Waals surface area contributed by atoms with Crippen LogP contribution in [-0.2, 0) is 94.1 Å². The van der Waals surface area contributed by atoms with Gasteiger partial charge < -0.3 is 4.74 Å². The second-order valence-electron chi connectivity index (χ2n) is 38.1. The van der Waals surface area contributed by atoms with E-state index in [1.807, 2.05) is 82.7 Å². The van der Waals surface area contributed by atoms with E-state index >= 15 is 0 Å². The van der Waals surface area contributed by atoms with Crippen molar-refractivity contribution in [3.8, 4) is 0 Å². The fourth-order valence-electron chi connectivity index (χ4n) is 12.6. The van der Waals surface area contributed by atoms with E-state index in [1.165, 1.54) is 137 Å². The SMILES string of the molecule is COC(=O)c1cc(SCc2cc(C)cc(SCc3cc(SCc4cc(C(C)(C)C)cc(C(C)(C)C)c4)cc(SCc4cc(C(C)(C)C)cc(C(C)(C)C)c4)c3)c2)cc(SCc2cc(C)cc(SCc3cc(SCc4cc(C(C)(C)C)cc(C(C)(C)C)c4)cc(SCc4cc(C(C)(C)C)cc(C(C)(C)C)c4)c3)c2)c1. The minimum Gasteiger partial charge on any atom is -0.465 e. The minimum atomic E-state index is -0.321. The van der Waals surface area contributed by atoms with Crippen molar-refractivity contribution in [2.45, 2.75) is 309 Å². The van der Waals surface area contributed by atoms with Crippen molar-refractivity contribution in [1.29, 1.82) is 0 Å². The molecule has 2 nitrogen and oxygen atoms in total. The summed E-state index contributed by atoms with van der Waals surface area (Å²) in [6, 6.07) is 64.2. The third kappa shape index (κ3) is 26.2. The molecule has 9 rings (SSSR count). The molecule has 108 heavy (non-hydrogen) atoms. The highest BCUT2D eigenvalue weighted by atomic mass is 32.2. The van der Waals surface area contributed by atoms with Crippen molar-refractivity contribution in [2.24, 2.45) is 0 Å². The van der Waals surface area contributed by atoms with Gasteiger partial charge in [-0.1, -0.05) is 251 Å². The fraction of sp³-hybridized carbons (Fsp3) is 0.439. The zero-order valence-electron chi connectivity index (χ0n) is 70.3. The molecule has 0 radical (unpaired) electrons. The van der Waals surface area contributed by atoms with Crippen LogP contribution in [0.4, 0.5) is 0 Å². The van der Waals surface area contributed by atoms with Gasteiger partial charge in [0.2, 0.25) is 0 Å². The first-order chi connectivity index (χ1) is 50.1. The van der Waals surface area contributed by atoms with E-state index in [4.69, 9.17) is 4.74 Å². The second kappa shape index (κ2) is 35.7. The summed E-state index contributed by atoms with van der Waals surface area (Å²) in [6.45, 7) is 60.4. The molecule has 0 unspecified atom stereocenters. The Morgan fingerprint density at radius 3 is 0.556 bits per heavy atom. The average molecular weight is 1590 g/mol. The van der Waals surface area contributed by atoms with E-state index in [1.54, 1.807) is 23.5 Å². The van der Waals surface area contributed by atoms with Crippen molar-refractivity contribution in [3.63, 3.8) is 0 Å². The summed E-state index contributed by atoms with van der Waals surface area (Å²) in [5.74, 6) is 6.56. The summed E-state index contributed by atoms with van der Waals surface area (Å²) < 4.78 is 5.38. The number of carbonyl (C=O) groups is 1. The number of aryl methyl sites for hydroxylation is 2. The van der Waals surface area contributed by atoms with Crippen LogP contribution in [0.25, 0.3) is 0 Å². The van der Waals surface area contributed by atoms with Crippen LogP contribution in [-0.4, -0.2) is 13.1 Å². The number of ether oxygens (including phenoxy) is 1. The van der Waals surface area contributed by atoms with E-state index in [0.717, 1.165) is 55.8 Å². The van der Waals surface area contributed by atoms with Crippen molar-refractivity contribution in [2.75, 3.05) is 7.11 Å². The molecular weight excluding hydrogens is 1470 g/mol. The number of benzene rings is 9. The summed E-state index contributed by atoms with van der Waals surface area (Å²) in [6.07, 6.45) is 0. The van der Waals surface area contributed by atoms with Crippen molar-refractivity contribution >= 4 is 100 Å². The lowest BCUT2D eigenvalue weighted by atomic mass is 9.80. The normalized spacial score (nSPS) is 12.8. The van der Waals surface area contributed by atoms with Gasteiger partial charge in [-0.2, -0.15) is 0 Å². The summed E-state index contributed by atoms with van der Waals surface area (Å²) in [5.41, 5.74) is 25.4. The van der Waals surface area contributed by atoms with E-state index in [0.29, 0.717) is 5.56 Å². The highest BCUT2D eigenvalue weighted by molar-refractivity contribution is 8.00. The number of esters is 1. The van der Waals surface area contributed by atoms with Gasteiger partial charge in [-0.25, -0.2) is 4.79 Å². The Hall–Kier alpha value is -4.75. The minimum absolute atomic E-state index is 0.0568. The number of hydrogen-bond acceptors (Lipinski definition) is 10. The molecule has 0 heterocycles. The van der Waals surface area contributed by atoms with Gasteiger partial charge in [0.25, 0.3) is 0 Å². The van der Waals surface area contributed by atoms with Gasteiger partial charge in [-0.05, 0) is 236 Å². The Bertz CT molecular complexity index is 4020. The largest absolute Gasteiger partial charge is 0.465 e. The van der Waals surface area contributed by atoms with Crippen molar-refractivity contribution in [1.82, 2.24) is 0 Å². The molecule has 9 aromatic rings. The quantitative estimate of drug-likeness (QED) is 0.0407. The highest BCUT2D eigenvalue weighted by Crippen LogP contribution is 2.43. The third-order valence-electron chi connectivity index (χ3n) is 19.5. The third-order valence-corrected chi connectivity index (χ3v) is 27.9. The first-order valence-electron chi connectivity index (χ1n) is 38.4. The lowest BCUT2D eigenvalue weighted by molar-refractivity contribution is 0.0600. The van der Waals surface area contributed by atoms with Gasteiger partial charge in [0, 0.05) is 85.2 Å². The van der Waals surface area contributed by atoms with E-state index in [2.05, 4.69) is 332 Å². The molecule has 0 amide bonds. The molecule has 10 heteroatoms. The van der Waals surface area contributed by atoms with E-state index < -0.39 is 0 Å². The molecule has 9 aromatic carbocycles.